The molecule has 0 bridgehead atoms. The Labute approximate surface area is 136 Å². The molecule has 3 rings (SSSR count). The lowest BCUT2D eigenvalue weighted by Gasteiger charge is -2.20. The number of alkyl halides is 2. The molecule has 0 fully saturated rings. The summed E-state index contributed by atoms with van der Waals surface area (Å²) in [6.45, 7) is 1.48. The van der Waals surface area contributed by atoms with Crippen molar-refractivity contribution >= 4 is 17.4 Å². The minimum absolute atomic E-state index is 0.301. The van der Waals surface area contributed by atoms with Crippen molar-refractivity contribution in [3.63, 3.8) is 0 Å². The minimum atomic E-state index is -2.62. The van der Waals surface area contributed by atoms with Crippen LogP contribution < -0.4 is 14.8 Å². The molecule has 8 heteroatoms. The number of aromatic nitrogens is 2. The molecule has 0 radical (unpaired) electrons. The number of halogens is 3. The van der Waals surface area contributed by atoms with E-state index in [0.717, 1.165) is 11.9 Å². The van der Waals surface area contributed by atoms with Gasteiger partial charge in [0, 0.05) is 12.6 Å². The average Bonchev–Trinajstić information content (AvgIpc) is 2.55. The zero-order chi connectivity index (χ0) is 16.2. The van der Waals surface area contributed by atoms with Crippen LogP contribution >= 0.6 is 11.6 Å². The largest absolute Gasteiger partial charge is 0.486 e. The third kappa shape index (κ3) is 3.79. The summed E-state index contributed by atoms with van der Waals surface area (Å²) in [5.41, 5.74) is 0.653. The Bertz CT molecular complexity index is 700. The number of nitrogens with zero attached hydrogens (tertiary/aromatic N) is 2. The highest BCUT2D eigenvalue weighted by Crippen LogP contribution is 2.38. The molecule has 23 heavy (non-hydrogen) atoms. The van der Waals surface area contributed by atoms with Gasteiger partial charge in [-0.3, -0.25) is 0 Å². The second kappa shape index (κ2) is 6.95. The summed E-state index contributed by atoms with van der Waals surface area (Å²) in [7, 11) is 0. The third-order valence-electron chi connectivity index (χ3n) is 3.29. The highest BCUT2D eigenvalue weighted by Gasteiger charge is 2.16. The van der Waals surface area contributed by atoms with Gasteiger partial charge in [-0.15, -0.1) is 0 Å². The first-order chi connectivity index (χ1) is 11.1. The summed E-state index contributed by atoms with van der Waals surface area (Å²) in [5, 5.41) is 3.49. The van der Waals surface area contributed by atoms with Crippen molar-refractivity contribution < 1.29 is 18.3 Å². The predicted octanol–water partition coefficient (Wildman–Crippen LogP) is 3.49. The molecule has 0 amide bonds. The zero-order valence-corrected chi connectivity index (χ0v) is 12.8. The van der Waals surface area contributed by atoms with Gasteiger partial charge in [-0.05, 0) is 24.1 Å². The first-order valence-electron chi connectivity index (χ1n) is 7.05. The molecule has 1 aromatic heterocycles. The van der Waals surface area contributed by atoms with Gasteiger partial charge in [0.25, 0.3) is 6.43 Å². The number of fused-ring (bicyclic) bond motifs is 1. The SMILES string of the molecule is FC(F)c1cc(NCCc2cc(Cl)c3c(c2)OCCO3)ncn1. The predicted molar refractivity (Wildman–Crippen MR) is 81.6 cm³/mol. The monoisotopic (exact) mass is 341 g/mol. The first kappa shape index (κ1) is 15.7. The van der Waals surface area contributed by atoms with Gasteiger partial charge in [-0.25, -0.2) is 18.7 Å². The van der Waals surface area contributed by atoms with E-state index in [0.29, 0.717) is 48.5 Å². The van der Waals surface area contributed by atoms with E-state index in [1.807, 2.05) is 6.07 Å². The van der Waals surface area contributed by atoms with Gasteiger partial charge in [0.1, 0.15) is 31.1 Å². The molecule has 0 aliphatic carbocycles. The van der Waals surface area contributed by atoms with Crippen molar-refractivity contribution in [2.24, 2.45) is 0 Å². The Morgan fingerprint density at radius 2 is 2.00 bits per heavy atom. The van der Waals surface area contributed by atoms with Crippen LogP contribution in [0, 0.1) is 0 Å². The van der Waals surface area contributed by atoms with Gasteiger partial charge < -0.3 is 14.8 Å². The molecule has 0 spiro atoms. The second-order valence-electron chi connectivity index (χ2n) is 4.91. The molecule has 2 heterocycles. The summed E-state index contributed by atoms with van der Waals surface area (Å²) in [6.07, 6.45) is -0.870. The molecular weight excluding hydrogens is 328 g/mol. The molecule has 122 valence electrons. The smallest absolute Gasteiger partial charge is 0.280 e. The third-order valence-corrected chi connectivity index (χ3v) is 3.57. The van der Waals surface area contributed by atoms with Crippen molar-refractivity contribution in [2.45, 2.75) is 12.8 Å². The van der Waals surface area contributed by atoms with Crippen LogP contribution in [0.5, 0.6) is 11.5 Å². The van der Waals surface area contributed by atoms with Gasteiger partial charge in [0.15, 0.2) is 11.5 Å². The van der Waals surface area contributed by atoms with E-state index in [4.69, 9.17) is 21.1 Å². The average molecular weight is 342 g/mol. The second-order valence-corrected chi connectivity index (χ2v) is 5.31. The number of ether oxygens (including phenoxy) is 2. The number of nitrogens with one attached hydrogen (secondary N) is 1. The molecule has 0 atom stereocenters. The Balaban J connectivity index is 1.63. The number of benzene rings is 1. The maximum absolute atomic E-state index is 12.6. The van der Waals surface area contributed by atoms with Gasteiger partial charge in [0.05, 0.1) is 5.02 Å². The van der Waals surface area contributed by atoms with E-state index in [1.54, 1.807) is 6.07 Å². The quantitative estimate of drug-likeness (QED) is 0.902. The van der Waals surface area contributed by atoms with Crippen LogP contribution in [0.3, 0.4) is 0 Å². The number of rotatable bonds is 5. The van der Waals surface area contributed by atoms with Crippen LogP contribution in [0.1, 0.15) is 17.7 Å². The highest BCUT2D eigenvalue weighted by atomic mass is 35.5. The fraction of sp³-hybridized carbons (Fsp3) is 0.333. The summed E-state index contributed by atoms with van der Waals surface area (Å²) < 4.78 is 36.1. The number of hydrogen-bond acceptors (Lipinski definition) is 5. The van der Waals surface area contributed by atoms with Gasteiger partial charge >= 0.3 is 0 Å². The highest BCUT2D eigenvalue weighted by molar-refractivity contribution is 6.32. The molecule has 0 unspecified atom stereocenters. The molecule has 0 saturated carbocycles. The van der Waals surface area contributed by atoms with Crippen molar-refractivity contribution in [1.82, 2.24) is 9.97 Å². The molecule has 0 saturated heterocycles. The van der Waals surface area contributed by atoms with Crippen molar-refractivity contribution in [3.05, 3.63) is 40.8 Å². The van der Waals surface area contributed by atoms with E-state index < -0.39 is 6.43 Å². The van der Waals surface area contributed by atoms with Crippen LogP contribution in [-0.4, -0.2) is 29.7 Å². The normalized spacial score (nSPS) is 13.2. The van der Waals surface area contributed by atoms with E-state index in [1.165, 1.54) is 6.07 Å². The fourth-order valence-electron chi connectivity index (χ4n) is 2.23. The van der Waals surface area contributed by atoms with E-state index in [9.17, 15) is 8.78 Å². The van der Waals surface area contributed by atoms with Gasteiger partial charge in [-0.1, -0.05) is 11.6 Å². The summed E-state index contributed by atoms with van der Waals surface area (Å²) >= 11 is 6.17. The summed E-state index contributed by atoms with van der Waals surface area (Å²) in [6, 6.07) is 4.91. The topological polar surface area (TPSA) is 56.3 Å². The Kier molecular flexibility index (Phi) is 4.76. The molecule has 1 aromatic carbocycles. The standard InChI is InChI=1S/C15H14ClF2N3O2/c16-10-5-9(6-12-14(10)23-4-3-22-12)1-2-19-13-7-11(15(17)18)20-8-21-13/h5-8,15H,1-4H2,(H,19,20,21). The minimum Gasteiger partial charge on any atom is -0.486 e. The molecule has 1 aliphatic rings. The lowest BCUT2D eigenvalue weighted by molar-refractivity contribution is 0.146. The zero-order valence-electron chi connectivity index (χ0n) is 12.1. The van der Waals surface area contributed by atoms with Gasteiger partial charge in [-0.2, -0.15) is 0 Å². The molecular formula is C15H14ClF2N3O2. The van der Waals surface area contributed by atoms with Crippen molar-refractivity contribution in [3.8, 4) is 11.5 Å². The Morgan fingerprint density at radius 1 is 1.17 bits per heavy atom. The van der Waals surface area contributed by atoms with Crippen molar-refractivity contribution in [2.75, 3.05) is 25.1 Å². The molecule has 1 N–H and O–H groups in total. The van der Waals surface area contributed by atoms with E-state index in [2.05, 4.69) is 15.3 Å². The maximum atomic E-state index is 12.6. The van der Waals surface area contributed by atoms with Crippen molar-refractivity contribution in [1.29, 1.82) is 0 Å². The van der Waals surface area contributed by atoms with Gasteiger partial charge in [0.2, 0.25) is 0 Å². The summed E-state index contributed by atoms with van der Waals surface area (Å²) in [5.74, 6) is 1.55. The fourth-order valence-corrected chi connectivity index (χ4v) is 2.52. The van der Waals surface area contributed by atoms with Crippen LogP contribution in [0.4, 0.5) is 14.6 Å². The van der Waals surface area contributed by atoms with Crippen LogP contribution in [-0.2, 0) is 6.42 Å². The van der Waals surface area contributed by atoms with Crippen LogP contribution in [0.15, 0.2) is 24.5 Å². The van der Waals surface area contributed by atoms with Crippen LogP contribution in [0.2, 0.25) is 5.02 Å². The molecule has 5 nitrogen and oxygen atoms in total. The lowest BCUT2D eigenvalue weighted by Crippen LogP contribution is -2.16. The number of anilines is 1. The Hall–Kier alpha value is -2.15. The molecule has 2 aromatic rings. The Morgan fingerprint density at radius 3 is 2.83 bits per heavy atom. The number of hydrogen-bond donors (Lipinski definition) is 1. The molecule has 1 aliphatic heterocycles. The van der Waals surface area contributed by atoms with E-state index >= 15 is 0 Å². The summed E-state index contributed by atoms with van der Waals surface area (Å²) in [4.78, 5) is 7.43. The van der Waals surface area contributed by atoms with E-state index in [-0.39, 0.29) is 5.69 Å². The lowest BCUT2D eigenvalue weighted by atomic mass is 10.1. The maximum Gasteiger partial charge on any atom is 0.280 e. The van der Waals surface area contributed by atoms with Crippen LogP contribution in [0.25, 0.3) is 0 Å². The first-order valence-corrected chi connectivity index (χ1v) is 7.43.